The molecule has 0 spiro atoms. The minimum absolute atomic E-state index is 0. The summed E-state index contributed by atoms with van der Waals surface area (Å²) in [6.45, 7) is 1.79. The van der Waals surface area contributed by atoms with Gasteiger partial charge >= 0.3 is 0 Å². The Bertz CT molecular complexity index is 84.0. The molecule has 0 aliphatic carbocycles. The highest BCUT2D eigenvalue weighted by Gasteiger charge is 2.22. The number of methoxy groups -OCH3 is 1. The van der Waals surface area contributed by atoms with Crippen LogP contribution in [0.4, 0.5) is 0 Å². The Morgan fingerprint density at radius 3 is 2.20 bits per heavy atom. The molecule has 0 bridgehead atoms. The molecule has 0 aromatic carbocycles. The first-order chi connectivity index (χ1) is 3.84. The third kappa shape index (κ3) is 3.03. The van der Waals surface area contributed by atoms with Crippen LogP contribution in [-0.2, 0) is 4.74 Å². The summed E-state index contributed by atoms with van der Waals surface area (Å²) in [5.74, 6) is 0. The van der Waals surface area contributed by atoms with Crippen molar-refractivity contribution in [3.63, 3.8) is 0 Å². The summed E-state index contributed by atoms with van der Waals surface area (Å²) in [5, 5.41) is 3.12. The van der Waals surface area contributed by atoms with Crippen LogP contribution in [0.2, 0.25) is 0 Å². The first kappa shape index (κ1) is 13.1. The van der Waals surface area contributed by atoms with Gasteiger partial charge in [0.1, 0.15) is 0 Å². The Kier molecular flexibility index (Phi) is 8.09. The van der Waals surface area contributed by atoms with Gasteiger partial charge in [-0.25, -0.2) is 0 Å². The van der Waals surface area contributed by atoms with E-state index in [4.69, 9.17) is 10.5 Å². The molecule has 0 aromatic rings. The maximum Gasteiger partial charge on any atom is 0.0858 e. The third-order valence-corrected chi connectivity index (χ3v) is 1.51. The lowest BCUT2D eigenvalue weighted by molar-refractivity contribution is 0.107. The zero-order valence-corrected chi connectivity index (χ0v) is 7.50. The molecule has 3 nitrogen and oxygen atoms in total. The average Bonchev–Trinajstić information content (AvgIpc) is 2.14. The molecule has 1 saturated heterocycles. The van der Waals surface area contributed by atoms with Gasteiger partial charge in [0.05, 0.1) is 6.10 Å². The number of ether oxygens (including phenoxy) is 1. The molecule has 0 unspecified atom stereocenters. The van der Waals surface area contributed by atoms with E-state index in [2.05, 4.69) is 5.32 Å². The van der Waals surface area contributed by atoms with Gasteiger partial charge in [0.2, 0.25) is 0 Å². The summed E-state index contributed by atoms with van der Waals surface area (Å²) in [5.41, 5.74) is 5.60. The molecule has 3 N–H and O–H groups in total. The molecular formula is C5H14Cl2N2O. The van der Waals surface area contributed by atoms with E-state index in [0.717, 1.165) is 13.1 Å². The molecule has 64 valence electrons. The van der Waals surface area contributed by atoms with Crippen molar-refractivity contribution in [1.29, 1.82) is 0 Å². The smallest absolute Gasteiger partial charge is 0.0858 e. The number of hydrogen-bond donors (Lipinski definition) is 2. The number of nitrogens with one attached hydrogen (secondary N) is 1. The maximum absolute atomic E-state index is 5.60. The van der Waals surface area contributed by atoms with Crippen LogP contribution in [0, 0.1) is 0 Å². The van der Waals surface area contributed by atoms with Crippen molar-refractivity contribution < 1.29 is 4.74 Å². The monoisotopic (exact) mass is 188 g/mol. The highest BCUT2D eigenvalue weighted by molar-refractivity contribution is 5.85. The molecule has 1 aliphatic rings. The van der Waals surface area contributed by atoms with E-state index in [1.165, 1.54) is 0 Å². The van der Waals surface area contributed by atoms with Gasteiger partial charge in [0, 0.05) is 26.2 Å². The first-order valence-electron chi connectivity index (χ1n) is 2.83. The van der Waals surface area contributed by atoms with Gasteiger partial charge < -0.3 is 15.8 Å². The molecule has 10 heavy (non-hydrogen) atoms. The van der Waals surface area contributed by atoms with Crippen molar-refractivity contribution in [2.75, 3.05) is 20.2 Å². The highest BCUT2D eigenvalue weighted by Crippen LogP contribution is 1.98. The van der Waals surface area contributed by atoms with E-state index in [-0.39, 0.29) is 37.0 Å². The van der Waals surface area contributed by atoms with Crippen molar-refractivity contribution >= 4 is 24.8 Å². The first-order valence-corrected chi connectivity index (χ1v) is 2.83. The minimum Gasteiger partial charge on any atom is -0.378 e. The second kappa shape index (κ2) is 6.19. The van der Waals surface area contributed by atoms with Gasteiger partial charge in [-0.3, -0.25) is 0 Å². The van der Waals surface area contributed by atoms with E-state index < -0.39 is 0 Å². The summed E-state index contributed by atoms with van der Waals surface area (Å²) < 4.78 is 5.04. The van der Waals surface area contributed by atoms with Crippen LogP contribution >= 0.6 is 24.8 Å². The quantitative estimate of drug-likeness (QED) is 0.599. The van der Waals surface area contributed by atoms with Crippen molar-refractivity contribution in [3.8, 4) is 0 Å². The standard InChI is InChI=1S/C5H12N2O.2ClH/c1-8-5-3-7-2-4(5)6;;/h4-5,7H,2-3,6H2,1H3;2*1H/t4-,5-;;/m0../s1. The van der Waals surface area contributed by atoms with Gasteiger partial charge in [-0.15, -0.1) is 24.8 Å². The average molecular weight is 189 g/mol. The fourth-order valence-electron chi connectivity index (χ4n) is 0.933. The molecular weight excluding hydrogens is 175 g/mol. The molecule has 0 aromatic heterocycles. The molecule has 1 heterocycles. The van der Waals surface area contributed by atoms with Gasteiger partial charge in [-0.2, -0.15) is 0 Å². The Balaban J connectivity index is 0. The summed E-state index contributed by atoms with van der Waals surface area (Å²) in [4.78, 5) is 0. The van der Waals surface area contributed by atoms with Gasteiger partial charge in [0.25, 0.3) is 0 Å². The molecule has 2 atom stereocenters. The van der Waals surface area contributed by atoms with Crippen LogP contribution in [0.5, 0.6) is 0 Å². The van der Waals surface area contributed by atoms with Gasteiger partial charge in [-0.1, -0.05) is 0 Å². The Morgan fingerprint density at radius 2 is 2.00 bits per heavy atom. The number of rotatable bonds is 1. The predicted octanol–water partition coefficient (Wildman–Crippen LogP) is -0.224. The summed E-state index contributed by atoms with van der Waals surface area (Å²) >= 11 is 0. The Morgan fingerprint density at radius 1 is 1.40 bits per heavy atom. The van der Waals surface area contributed by atoms with E-state index in [0.29, 0.717) is 0 Å². The van der Waals surface area contributed by atoms with Crippen LogP contribution in [0.25, 0.3) is 0 Å². The molecule has 5 heteroatoms. The highest BCUT2D eigenvalue weighted by atomic mass is 35.5. The second-order valence-corrected chi connectivity index (χ2v) is 2.10. The van der Waals surface area contributed by atoms with E-state index in [1.54, 1.807) is 7.11 Å². The molecule has 1 aliphatic heterocycles. The van der Waals surface area contributed by atoms with Crippen molar-refractivity contribution in [1.82, 2.24) is 5.32 Å². The lowest BCUT2D eigenvalue weighted by Crippen LogP contribution is -2.34. The lowest BCUT2D eigenvalue weighted by Gasteiger charge is -2.10. The van der Waals surface area contributed by atoms with Gasteiger partial charge in [0.15, 0.2) is 0 Å². The maximum atomic E-state index is 5.60. The lowest BCUT2D eigenvalue weighted by atomic mass is 10.2. The molecule has 1 rings (SSSR count). The van der Waals surface area contributed by atoms with Crippen molar-refractivity contribution in [2.45, 2.75) is 12.1 Å². The van der Waals surface area contributed by atoms with E-state index in [1.807, 2.05) is 0 Å². The van der Waals surface area contributed by atoms with Crippen LogP contribution in [0.1, 0.15) is 0 Å². The molecule has 0 saturated carbocycles. The van der Waals surface area contributed by atoms with Crippen molar-refractivity contribution in [2.24, 2.45) is 5.73 Å². The summed E-state index contributed by atoms with van der Waals surface area (Å²) in [7, 11) is 1.69. The fraction of sp³-hybridized carbons (Fsp3) is 1.00. The number of halogens is 2. The zero-order chi connectivity index (χ0) is 5.98. The van der Waals surface area contributed by atoms with Crippen LogP contribution in [-0.4, -0.2) is 32.3 Å². The van der Waals surface area contributed by atoms with Crippen LogP contribution in [0.15, 0.2) is 0 Å². The Hall–Kier alpha value is 0.460. The zero-order valence-electron chi connectivity index (χ0n) is 5.87. The summed E-state index contributed by atoms with van der Waals surface area (Å²) in [6.07, 6.45) is 0.231. The van der Waals surface area contributed by atoms with Gasteiger partial charge in [-0.05, 0) is 0 Å². The third-order valence-electron chi connectivity index (χ3n) is 1.51. The molecule has 1 fully saturated rings. The predicted molar refractivity (Wildman–Crippen MR) is 46.1 cm³/mol. The SMILES string of the molecule is CO[C@H]1CNC[C@@H]1N.Cl.Cl. The largest absolute Gasteiger partial charge is 0.378 e. The van der Waals surface area contributed by atoms with Crippen LogP contribution in [0.3, 0.4) is 0 Å². The fourth-order valence-corrected chi connectivity index (χ4v) is 0.933. The minimum atomic E-state index is 0. The number of hydrogen-bond acceptors (Lipinski definition) is 3. The number of nitrogens with two attached hydrogens (primary N) is 1. The second-order valence-electron chi connectivity index (χ2n) is 2.10. The molecule has 0 amide bonds. The Labute approximate surface area is 73.5 Å². The summed E-state index contributed by atoms with van der Waals surface area (Å²) in [6, 6.07) is 0.194. The topological polar surface area (TPSA) is 47.3 Å². The van der Waals surface area contributed by atoms with E-state index in [9.17, 15) is 0 Å². The van der Waals surface area contributed by atoms with E-state index >= 15 is 0 Å². The van der Waals surface area contributed by atoms with Crippen LogP contribution < -0.4 is 11.1 Å². The van der Waals surface area contributed by atoms with Crippen molar-refractivity contribution in [3.05, 3.63) is 0 Å². The molecule has 0 radical (unpaired) electrons. The normalized spacial score (nSPS) is 30.6.